The van der Waals surface area contributed by atoms with Crippen LogP contribution in [0.3, 0.4) is 0 Å². The van der Waals surface area contributed by atoms with Crippen LogP contribution in [-0.4, -0.2) is 11.3 Å². The Hall–Kier alpha value is -2.63. The van der Waals surface area contributed by atoms with Crippen molar-refractivity contribution in [2.24, 2.45) is 0 Å². The van der Waals surface area contributed by atoms with Gasteiger partial charge in [-0.25, -0.2) is 17.6 Å². The van der Waals surface area contributed by atoms with Crippen LogP contribution in [-0.2, 0) is 0 Å². The minimum atomic E-state index is -1.16. The third kappa shape index (κ3) is 1.99. The van der Waals surface area contributed by atoms with Gasteiger partial charge in [-0.1, -0.05) is 0 Å². The molecule has 6 heteroatoms. The van der Waals surface area contributed by atoms with Crippen LogP contribution in [0.15, 0.2) is 30.3 Å². The van der Waals surface area contributed by atoms with E-state index in [1.54, 1.807) is 0 Å². The summed E-state index contributed by atoms with van der Waals surface area (Å²) < 4.78 is 53.7. The number of halogens is 4. The van der Waals surface area contributed by atoms with Crippen molar-refractivity contribution in [2.45, 2.75) is 0 Å². The van der Waals surface area contributed by atoms with Crippen molar-refractivity contribution in [2.75, 3.05) is 0 Å². The van der Waals surface area contributed by atoms with Crippen molar-refractivity contribution >= 4 is 17.2 Å². The molecule has 21 heavy (non-hydrogen) atoms. The zero-order valence-corrected chi connectivity index (χ0v) is 10.4. The molecule has 0 bridgehead atoms. The summed E-state index contributed by atoms with van der Waals surface area (Å²) in [5.74, 6) is -3.94. The summed E-state index contributed by atoms with van der Waals surface area (Å²) >= 11 is 0. The summed E-state index contributed by atoms with van der Waals surface area (Å²) in [4.78, 5) is 13.7. The highest BCUT2D eigenvalue weighted by atomic mass is 19.2. The second-order valence-corrected chi connectivity index (χ2v) is 4.44. The van der Waals surface area contributed by atoms with Gasteiger partial charge >= 0.3 is 0 Å². The molecule has 2 aromatic carbocycles. The number of carbonyl (C=O) groups is 1. The van der Waals surface area contributed by atoms with Crippen LogP contribution in [0.4, 0.5) is 17.6 Å². The van der Waals surface area contributed by atoms with Crippen LogP contribution in [0.5, 0.6) is 0 Å². The van der Waals surface area contributed by atoms with Crippen molar-refractivity contribution in [1.82, 2.24) is 4.98 Å². The molecule has 3 rings (SSSR count). The highest BCUT2D eigenvalue weighted by Crippen LogP contribution is 2.32. The Kier molecular flexibility index (Phi) is 3.01. The lowest BCUT2D eigenvalue weighted by atomic mass is 10.1. The van der Waals surface area contributed by atoms with Gasteiger partial charge in [0.05, 0.1) is 11.2 Å². The Bertz CT molecular complexity index is 870. The van der Waals surface area contributed by atoms with Gasteiger partial charge < -0.3 is 4.98 Å². The number of aldehydes is 1. The third-order valence-corrected chi connectivity index (χ3v) is 3.22. The van der Waals surface area contributed by atoms with Crippen molar-refractivity contribution in [1.29, 1.82) is 0 Å². The van der Waals surface area contributed by atoms with Gasteiger partial charge in [0.2, 0.25) is 0 Å². The molecule has 0 aliphatic heterocycles. The minimum absolute atomic E-state index is 0.0191. The average molecular weight is 293 g/mol. The van der Waals surface area contributed by atoms with E-state index in [0.717, 1.165) is 18.2 Å². The first-order valence-electron chi connectivity index (χ1n) is 5.93. The molecule has 0 saturated carbocycles. The number of benzene rings is 2. The van der Waals surface area contributed by atoms with E-state index in [-0.39, 0.29) is 27.7 Å². The van der Waals surface area contributed by atoms with Crippen LogP contribution in [0.1, 0.15) is 10.4 Å². The van der Waals surface area contributed by atoms with E-state index in [9.17, 15) is 22.4 Å². The normalized spacial score (nSPS) is 11.0. The molecule has 2 nitrogen and oxygen atoms in total. The van der Waals surface area contributed by atoms with Gasteiger partial charge in [0.25, 0.3) is 0 Å². The van der Waals surface area contributed by atoms with Crippen LogP contribution in [0.25, 0.3) is 22.2 Å². The van der Waals surface area contributed by atoms with Gasteiger partial charge in [0.15, 0.2) is 17.9 Å². The van der Waals surface area contributed by atoms with E-state index in [1.165, 1.54) is 6.07 Å². The number of fused-ring (bicyclic) bond motifs is 1. The molecule has 1 heterocycles. The van der Waals surface area contributed by atoms with Gasteiger partial charge in [0.1, 0.15) is 11.6 Å². The fourth-order valence-corrected chi connectivity index (χ4v) is 2.25. The number of hydrogen-bond acceptors (Lipinski definition) is 1. The van der Waals surface area contributed by atoms with Crippen molar-refractivity contribution in [3.8, 4) is 11.3 Å². The largest absolute Gasteiger partial charge is 0.351 e. The average Bonchev–Trinajstić information content (AvgIpc) is 2.82. The van der Waals surface area contributed by atoms with Crippen molar-refractivity contribution in [3.63, 3.8) is 0 Å². The summed E-state index contributed by atoms with van der Waals surface area (Å²) in [7, 11) is 0. The Morgan fingerprint density at radius 2 is 1.71 bits per heavy atom. The second kappa shape index (κ2) is 4.73. The lowest BCUT2D eigenvalue weighted by molar-refractivity contribution is 0.112. The Morgan fingerprint density at radius 1 is 0.952 bits per heavy atom. The maximum atomic E-state index is 13.8. The zero-order chi connectivity index (χ0) is 15.1. The predicted molar refractivity (Wildman–Crippen MR) is 69.0 cm³/mol. The monoisotopic (exact) mass is 293 g/mol. The van der Waals surface area contributed by atoms with E-state index >= 15 is 0 Å². The topological polar surface area (TPSA) is 32.9 Å². The van der Waals surface area contributed by atoms with Gasteiger partial charge in [0, 0.05) is 22.6 Å². The number of rotatable bonds is 2. The summed E-state index contributed by atoms with van der Waals surface area (Å²) in [6.45, 7) is 0. The molecule has 0 aliphatic rings. The maximum absolute atomic E-state index is 13.8. The highest BCUT2D eigenvalue weighted by molar-refractivity contribution is 6.04. The van der Waals surface area contributed by atoms with Crippen LogP contribution in [0, 0.1) is 23.3 Å². The quantitative estimate of drug-likeness (QED) is 0.557. The van der Waals surface area contributed by atoms with Gasteiger partial charge in [-0.15, -0.1) is 0 Å². The number of aromatic amines is 1. The summed E-state index contributed by atoms with van der Waals surface area (Å²) in [6.07, 6.45) is 0.411. The Balaban J connectivity index is 2.37. The Labute approximate surface area is 116 Å². The van der Waals surface area contributed by atoms with E-state index in [4.69, 9.17) is 0 Å². The van der Waals surface area contributed by atoms with Gasteiger partial charge in [-0.2, -0.15) is 0 Å². The first-order valence-corrected chi connectivity index (χ1v) is 5.93. The summed E-state index contributed by atoms with van der Waals surface area (Å²) in [6, 6.07) is 4.88. The summed E-state index contributed by atoms with van der Waals surface area (Å²) in [5, 5.41) is 0.127. The molecule has 0 radical (unpaired) electrons. The van der Waals surface area contributed by atoms with Crippen molar-refractivity contribution < 1.29 is 22.4 Å². The van der Waals surface area contributed by atoms with Crippen LogP contribution in [0.2, 0.25) is 0 Å². The van der Waals surface area contributed by atoms with E-state index in [2.05, 4.69) is 4.98 Å². The molecule has 1 aromatic heterocycles. The standard InChI is InChI=1S/C15H7F4NO/c16-7-1-2-9(12(18)5-7)14-10(6-21)8-3-4-11(17)13(19)15(8)20-14/h1-6,20H. The molecule has 3 aromatic rings. The molecular weight excluding hydrogens is 286 g/mol. The number of carbonyl (C=O) groups excluding carboxylic acids is 1. The first kappa shape index (κ1) is 13.4. The minimum Gasteiger partial charge on any atom is -0.351 e. The molecule has 106 valence electrons. The molecular formula is C15H7F4NO. The second-order valence-electron chi connectivity index (χ2n) is 4.44. The fourth-order valence-electron chi connectivity index (χ4n) is 2.25. The molecule has 0 aliphatic carbocycles. The number of nitrogens with one attached hydrogen (secondary N) is 1. The molecule has 1 N–H and O–H groups in total. The molecule has 0 unspecified atom stereocenters. The SMILES string of the molecule is O=Cc1c(-c2ccc(F)cc2F)[nH]c2c(F)c(F)ccc12. The molecule has 0 fully saturated rings. The van der Waals surface area contributed by atoms with Gasteiger partial charge in [-0.05, 0) is 24.3 Å². The molecule has 0 amide bonds. The first-order chi connectivity index (χ1) is 10.0. The number of aromatic nitrogens is 1. The maximum Gasteiger partial charge on any atom is 0.182 e. The van der Waals surface area contributed by atoms with Gasteiger partial charge in [-0.3, -0.25) is 4.79 Å². The third-order valence-electron chi connectivity index (χ3n) is 3.22. The predicted octanol–water partition coefficient (Wildman–Crippen LogP) is 4.20. The number of hydrogen-bond donors (Lipinski definition) is 1. The smallest absolute Gasteiger partial charge is 0.182 e. The van der Waals surface area contributed by atoms with E-state index in [1.807, 2.05) is 0 Å². The van der Waals surface area contributed by atoms with Crippen LogP contribution < -0.4 is 0 Å². The molecule has 0 saturated heterocycles. The van der Waals surface area contributed by atoms with Crippen molar-refractivity contribution in [3.05, 3.63) is 59.2 Å². The zero-order valence-electron chi connectivity index (χ0n) is 10.4. The summed E-state index contributed by atoms with van der Waals surface area (Å²) in [5.41, 5.74) is -0.387. The molecule has 0 spiro atoms. The fraction of sp³-hybridized carbons (Fsp3) is 0. The van der Waals surface area contributed by atoms with Crippen LogP contribution >= 0.6 is 0 Å². The van der Waals surface area contributed by atoms with E-state index < -0.39 is 23.3 Å². The Morgan fingerprint density at radius 3 is 2.38 bits per heavy atom. The lowest BCUT2D eigenvalue weighted by Gasteiger charge is -2.02. The molecule has 0 atom stereocenters. The lowest BCUT2D eigenvalue weighted by Crippen LogP contribution is -1.90. The highest BCUT2D eigenvalue weighted by Gasteiger charge is 2.19. The van der Waals surface area contributed by atoms with E-state index in [0.29, 0.717) is 12.4 Å². The number of H-pyrrole nitrogens is 1.